The standard InChI is InChI=1S/C52H42O11S3/c1-31-5-14-37(15-6-31)52(38-16-7-32(2)8-17-38)46-28-41(64(53,54)55)22-24-44(46)50-36(27-42(29-47(50)52)65(56,57)58)25-35-13-23-43-45(26-35)48(62-39-18-9-33(3)10-19-39)30-49(66(59,60)61)51(43)63-40-20-11-34(4)12-21-40/h5-24,26-30H,25H2,1-4H3,(H,53,54,55)(H,56,57,58)(H,59,60,61). The Morgan fingerprint density at radius 3 is 1.48 bits per heavy atom. The molecule has 3 N–H and O–H groups in total. The SMILES string of the molecule is Cc1ccc(Oc2cc(S(=O)(=O)O)c(Oc3ccc(C)cc3)c3ccc(Cc4cc(S(=O)(=O)O)cc5c4-c4ccc(S(=O)(=O)O)cc4C5(c4ccc(C)cc4)c4ccc(C)cc4)cc23)cc1. The number of aryl methyl sites for hydroxylation is 4. The van der Waals surface area contributed by atoms with Crippen LogP contribution < -0.4 is 9.47 Å². The van der Waals surface area contributed by atoms with Crippen LogP contribution in [0.25, 0.3) is 21.9 Å². The smallest absolute Gasteiger partial charge is 0.298 e. The van der Waals surface area contributed by atoms with Crippen LogP contribution in [0, 0.1) is 27.7 Å². The minimum atomic E-state index is -4.90. The zero-order chi connectivity index (χ0) is 46.9. The van der Waals surface area contributed by atoms with Crippen LogP contribution >= 0.6 is 0 Å². The van der Waals surface area contributed by atoms with E-state index in [9.17, 15) is 38.9 Å². The van der Waals surface area contributed by atoms with Crippen LogP contribution in [0.2, 0.25) is 0 Å². The maximum absolute atomic E-state index is 13.3. The Bertz CT molecular complexity index is 3540. The Morgan fingerprint density at radius 2 is 0.970 bits per heavy atom. The highest BCUT2D eigenvalue weighted by Crippen LogP contribution is 2.58. The van der Waals surface area contributed by atoms with Crippen molar-refractivity contribution < 1.29 is 48.4 Å². The summed E-state index contributed by atoms with van der Waals surface area (Å²) in [5, 5.41) is 0.659. The first kappa shape index (κ1) is 44.5. The van der Waals surface area contributed by atoms with Crippen LogP contribution in [0.1, 0.15) is 55.6 Å². The van der Waals surface area contributed by atoms with E-state index in [0.29, 0.717) is 61.4 Å². The zero-order valence-corrected chi connectivity index (χ0v) is 38.4. The highest BCUT2D eigenvalue weighted by atomic mass is 32.2. The van der Waals surface area contributed by atoms with Crippen LogP contribution in [0.3, 0.4) is 0 Å². The molecule has 0 saturated carbocycles. The van der Waals surface area contributed by atoms with E-state index in [1.54, 1.807) is 60.7 Å². The van der Waals surface area contributed by atoms with Crippen molar-refractivity contribution in [3.63, 3.8) is 0 Å². The third-order valence-corrected chi connectivity index (χ3v) is 14.6. The lowest BCUT2D eigenvalue weighted by Gasteiger charge is -2.34. The molecule has 11 nitrogen and oxygen atoms in total. The van der Waals surface area contributed by atoms with Gasteiger partial charge in [0.25, 0.3) is 30.4 Å². The van der Waals surface area contributed by atoms with Gasteiger partial charge in [-0.2, -0.15) is 25.3 Å². The average Bonchev–Trinajstić information content (AvgIpc) is 3.56. The lowest BCUT2D eigenvalue weighted by molar-refractivity contribution is 0.447. The van der Waals surface area contributed by atoms with Gasteiger partial charge in [0.1, 0.15) is 22.1 Å². The van der Waals surface area contributed by atoms with Gasteiger partial charge in [-0.15, -0.1) is 0 Å². The number of benzene rings is 8. The summed E-state index contributed by atoms with van der Waals surface area (Å²) in [4.78, 5) is -1.30. The van der Waals surface area contributed by atoms with Crippen LogP contribution in [-0.4, -0.2) is 38.9 Å². The third kappa shape index (κ3) is 8.16. The molecule has 0 aromatic heterocycles. The zero-order valence-electron chi connectivity index (χ0n) is 36.0. The number of ether oxygens (including phenoxy) is 2. The molecule has 66 heavy (non-hydrogen) atoms. The third-order valence-electron chi connectivity index (χ3n) is 12.1. The second-order valence-electron chi connectivity index (χ2n) is 16.7. The van der Waals surface area contributed by atoms with Crippen LogP contribution in [0.4, 0.5) is 0 Å². The van der Waals surface area contributed by atoms with Gasteiger partial charge < -0.3 is 9.47 Å². The van der Waals surface area contributed by atoms with E-state index in [0.717, 1.165) is 22.3 Å². The second-order valence-corrected chi connectivity index (χ2v) is 20.9. The molecule has 0 aliphatic heterocycles. The van der Waals surface area contributed by atoms with E-state index in [1.165, 1.54) is 30.3 Å². The quantitative estimate of drug-likeness (QED) is 0.105. The Kier molecular flexibility index (Phi) is 11.0. The average molecular weight is 939 g/mol. The Balaban J connectivity index is 1.33. The molecule has 0 amide bonds. The molecular formula is C52H42O11S3. The molecule has 0 fully saturated rings. The van der Waals surface area contributed by atoms with Crippen molar-refractivity contribution in [2.75, 3.05) is 0 Å². The van der Waals surface area contributed by atoms with E-state index in [1.807, 2.05) is 88.4 Å². The number of hydrogen-bond donors (Lipinski definition) is 3. The van der Waals surface area contributed by atoms with Gasteiger partial charge in [-0.1, -0.05) is 113 Å². The van der Waals surface area contributed by atoms with Gasteiger partial charge >= 0.3 is 0 Å². The van der Waals surface area contributed by atoms with Crippen molar-refractivity contribution in [1.29, 1.82) is 0 Å². The lowest BCUT2D eigenvalue weighted by atomic mass is 9.67. The lowest BCUT2D eigenvalue weighted by Crippen LogP contribution is -2.29. The van der Waals surface area contributed by atoms with Crippen molar-refractivity contribution in [3.8, 4) is 34.1 Å². The largest absolute Gasteiger partial charge is 0.457 e. The normalized spacial score (nSPS) is 13.3. The summed E-state index contributed by atoms with van der Waals surface area (Å²) in [6.07, 6.45) is 0.0250. The fourth-order valence-electron chi connectivity index (χ4n) is 8.89. The molecule has 8 aromatic rings. The molecule has 0 spiro atoms. The van der Waals surface area contributed by atoms with E-state index in [-0.39, 0.29) is 28.2 Å². The Morgan fingerprint density at radius 1 is 0.470 bits per heavy atom. The van der Waals surface area contributed by atoms with Crippen LogP contribution in [0.15, 0.2) is 166 Å². The molecule has 0 radical (unpaired) electrons. The minimum absolute atomic E-state index is 0.0250. The van der Waals surface area contributed by atoms with Gasteiger partial charge in [0.2, 0.25) is 0 Å². The summed E-state index contributed by atoms with van der Waals surface area (Å²) in [6.45, 7) is 7.64. The molecule has 14 heteroatoms. The molecule has 0 atom stereocenters. The first-order valence-electron chi connectivity index (χ1n) is 20.7. The Hall–Kier alpha value is -6.65. The summed E-state index contributed by atoms with van der Waals surface area (Å²) < 4.78 is 123. The first-order valence-corrected chi connectivity index (χ1v) is 25.0. The van der Waals surface area contributed by atoms with E-state index in [4.69, 9.17) is 9.47 Å². The summed E-state index contributed by atoms with van der Waals surface area (Å²) in [6, 6.07) is 42.6. The number of hydrogen-bond acceptors (Lipinski definition) is 8. The molecule has 8 aromatic carbocycles. The summed E-state index contributed by atoms with van der Waals surface area (Å²) in [5.41, 5.74) is 6.80. The molecule has 9 rings (SSSR count). The first-order chi connectivity index (χ1) is 31.2. The molecule has 0 heterocycles. The van der Waals surface area contributed by atoms with E-state index >= 15 is 0 Å². The van der Waals surface area contributed by atoms with Crippen LogP contribution in [-0.2, 0) is 42.2 Å². The van der Waals surface area contributed by atoms with Gasteiger partial charge in [0.05, 0.1) is 15.2 Å². The molecule has 334 valence electrons. The molecule has 1 aliphatic rings. The number of rotatable bonds is 11. The van der Waals surface area contributed by atoms with Crippen molar-refractivity contribution in [1.82, 2.24) is 0 Å². The van der Waals surface area contributed by atoms with Gasteiger partial charge in [-0.05, 0) is 133 Å². The summed E-state index contributed by atoms with van der Waals surface area (Å²) in [7, 11) is -14.5. The molecule has 0 unspecified atom stereocenters. The molecule has 0 bridgehead atoms. The van der Waals surface area contributed by atoms with E-state index < -0.39 is 45.6 Å². The highest BCUT2D eigenvalue weighted by Gasteiger charge is 2.48. The van der Waals surface area contributed by atoms with Crippen molar-refractivity contribution in [2.24, 2.45) is 0 Å². The van der Waals surface area contributed by atoms with Crippen molar-refractivity contribution in [2.45, 2.75) is 54.2 Å². The van der Waals surface area contributed by atoms with Crippen molar-refractivity contribution in [3.05, 3.63) is 207 Å². The summed E-state index contributed by atoms with van der Waals surface area (Å²) >= 11 is 0. The predicted molar refractivity (Wildman–Crippen MR) is 252 cm³/mol. The van der Waals surface area contributed by atoms with Gasteiger partial charge in [0.15, 0.2) is 5.75 Å². The number of fused-ring (bicyclic) bond motifs is 4. The van der Waals surface area contributed by atoms with Crippen LogP contribution in [0.5, 0.6) is 23.0 Å². The second kappa shape index (κ2) is 16.3. The predicted octanol–water partition coefficient (Wildman–Crippen LogP) is 11.4. The van der Waals surface area contributed by atoms with Crippen molar-refractivity contribution >= 4 is 41.1 Å². The van der Waals surface area contributed by atoms with Gasteiger partial charge in [-0.25, -0.2) is 0 Å². The Labute approximate surface area is 383 Å². The monoisotopic (exact) mass is 938 g/mol. The molecule has 0 saturated heterocycles. The topological polar surface area (TPSA) is 182 Å². The molecular weight excluding hydrogens is 897 g/mol. The maximum atomic E-state index is 13.3. The fourth-order valence-corrected chi connectivity index (χ4v) is 10.6. The van der Waals surface area contributed by atoms with Gasteiger partial charge in [0, 0.05) is 16.8 Å². The minimum Gasteiger partial charge on any atom is -0.457 e. The highest BCUT2D eigenvalue weighted by molar-refractivity contribution is 7.86. The summed E-state index contributed by atoms with van der Waals surface area (Å²) in [5.74, 6) is 0.598. The maximum Gasteiger partial charge on any atom is 0.298 e. The fraction of sp³-hybridized carbons (Fsp3) is 0.115. The van der Waals surface area contributed by atoms with Gasteiger partial charge in [-0.3, -0.25) is 13.7 Å². The van der Waals surface area contributed by atoms with E-state index in [2.05, 4.69) is 0 Å². The molecule has 1 aliphatic carbocycles.